The molecule has 0 atom stereocenters. The first-order chi connectivity index (χ1) is 10.2. The normalized spacial score (nSPS) is 10.8. The van der Waals surface area contributed by atoms with Crippen molar-refractivity contribution in [1.29, 1.82) is 0 Å². The van der Waals surface area contributed by atoms with Crippen molar-refractivity contribution in [2.45, 2.75) is 13.5 Å². The third kappa shape index (κ3) is 2.74. The number of fused-ring (bicyclic) bond motifs is 1. The summed E-state index contributed by atoms with van der Waals surface area (Å²) < 4.78 is 6.95. The molecule has 0 aromatic heterocycles. The van der Waals surface area contributed by atoms with E-state index in [2.05, 4.69) is 34.1 Å². The van der Waals surface area contributed by atoms with Crippen molar-refractivity contribution >= 4 is 32.4 Å². The molecule has 0 bridgehead atoms. The molecule has 3 rings (SSSR count). The molecule has 0 saturated heterocycles. The topological polar surface area (TPSA) is 35.2 Å². The lowest BCUT2D eigenvalue weighted by atomic mass is 10.1. The van der Waals surface area contributed by atoms with Gasteiger partial charge in [-0.1, -0.05) is 42.5 Å². The summed E-state index contributed by atoms with van der Waals surface area (Å²) in [4.78, 5) is 0. The summed E-state index contributed by atoms with van der Waals surface area (Å²) in [7, 11) is 0. The standard InChI is InChI=1S/C18H16BrNO/c1-12-14(6-4-8-16(12)20)11-21-17-10-9-13-5-2-3-7-15(13)18(17)19/h2-10H,11,20H2,1H3. The SMILES string of the molecule is Cc1c(N)cccc1COc1ccc2ccccc2c1Br. The van der Waals surface area contributed by atoms with Crippen molar-refractivity contribution in [3.05, 3.63) is 70.2 Å². The van der Waals surface area contributed by atoms with E-state index in [0.717, 1.165) is 32.4 Å². The zero-order valence-electron chi connectivity index (χ0n) is 11.8. The number of benzene rings is 3. The van der Waals surface area contributed by atoms with Crippen LogP contribution in [0.5, 0.6) is 5.75 Å². The van der Waals surface area contributed by atoms with Gasteiger partial charge in [-0.2, -0.15) is 0 Å². The van der Waals surface area contributed by atoms with Crippen LogP contribution < -0.4 is 10.5 Å². The van der Waals surface area contributed by atoms with Crippen LogP contribution in [-0.2, 0) is 6.61 Å². The summed E-state index contributed by atoms with van der Waals surface area (Å²) in [6.45, 7) is 2.53. The fourth-order valence-electron chi connectivity index (χ4n) is 2.34. The van der Waals surface area contributed by atoms with E-state index in [0.29, 0.717) is 6.61 Å². The minimum atomic E-state index is 0.508. The smallest absolute Gasteiger partial charge is 0.134 e. The first-order valence-corrected chi connectivity index (χ1v) is 7.60. The van der Waals surface area contributed by atoms with Crippen molar-refractivity contribution in [2.75, 3.05) is 5.73 Å². The average molecular weight is 342 g/mol. The minimum Gasteiger partial charge on any atom is -0.488 e. The van der Waals surface area contributed by atoms with Crippen molar-refractivity contribution in [1.82, 2.24) is 0 Å². The Hall–Kier alpha value is -2.00. The molecule has 0 aliphatic heterocycles. The number of nitrogen functional groups attached to an aromatic ring is 1. The maximum absolute atomic E-state index is 5.96. The van der Waals surface area contributed by atoms with E-state index >= 15 is 0 Å². The Balaban J connectivity index is 1.89. The summed E-state index contributed by atoms with van der Waals surface area (Å²) in [6.07, 6.45) is 0. The van der Waals surface area contributed by atoms with E-state index in [1.165, 1.54) is 5.39 Å². The van der Waals surface area contributed by atoms with E-state index in [1.54, 1.807) is 0 Å². The highest BCUT2D eigenvalue weighted by Crippen LogP contribution is 2.33. The summed E-state index contributed by atoms with van der Waals surface area (Å²) in [5, 5.41) is 2.34. The van der Waals surface area contributed by atoms with Crippen LogP contribution in [0.1, 0.15) is 11.1 Å². The van der Waals surface area contributed by atoms with E-state index in [4.69, 9.17) is 10.5 Å². The number of hydrogen-bond acceptors (Lipinski definition) is 2. The highest BCUT2D eigenvalue weighted by molar-refractivity contribution is 9.10. The van der Waals surface area contributed by atoms with Crippen molar-refractivity contribution in [3.63, 3.8) is 0 Å². The fourth-order valence-corrected chi connectivity index (χ4v) is 2.95. The summed E-state index contributed by atoms with van der Waals surface area (Å²) in [5.41, 5.74) is 8.91. The molecule has 3 aromatic carbocycles. The first kappa shape index (κ1) is 14.0. The van der Waals surface area contributed by atoms with Gasteiger partial charge in [0.05, 0.1) is 4.47 Å². The van der Waals surface area contributed by atoms with Gasteiger partial charge in [-0.3, -0.25) is 0 Å². The molecule has 0 spiro atoms. The predicted molar refractivity (Wildman–Crippen MR) is 91.6 cm³/mol. The third-order valence-electron chi connectivity index (χ3n) is 3.70. The molecule has 0 aliphatic rings. The van der Waals surface area contributed by atoms with Crippen LogP contribution in [0.2, 0.25) is 0 Å². The van der Waals surface area contributed by atoms with Gasteiger partial charge >= 0.3 is 0 Å². The van der Waals surface area contributed by atoms with Crippen LogP contribution in [0.25, 0.3) is 10.8 Å². The number of halogens is 1. The summed E-state index contributed by atoms with van der Waals surface area (Å²) >= 11 is 3.64. The lowest BCUT2D eigenvalue weighted by Crippen LogP contribution is -2.01. The van der Waals surface area contributed by atoms with Gasteiger partial charge in [-0.05, 0) is 56.9 Å². The Bertz CT molecular complexity index is 798. The summed E-state index contributed by atoms with van der Waals surface area (Å²) in [6, 6.07) is 18.2. The minimum absolute atomic E-state index is 0.508. The predicted octanol–water partition coefficient (Wildman–Crippen LogP) is 5.07. The molecule has 106 valence electrons. The van der Waals surface area contributed by atoms with Crippen LogP contribution in [0.15, 0.2) is 59.1 Å². The van der Waals surface area contributed by atoms with Crippen molar-refractivity contribution in [3.8, 4) is 5.75 Å². The van der Waals surface area contributed by atoms with Gasteiger partial charge in [-0.25, -0.2) is 0 Å². The second kappa shape index (κ2) is 5.78. The Morgan fingerprint density at radius 1 is 1.00 bits per heavy atom. The monoisotopic (exact) mass is 341 g/mol. The molecule has 0 unspecified atom stereocenters. The van der Waals surface area contributed by atoms with Gasteiger partial charge in [0.2, 0.25) is 0 Å². The van der Waals surface area contributed by atoms with Crippen LogP contribution in [0.3, 0.4) is 0 Å². The zero-order valence-corrected chi connectivity index (χ0v) is 13.4. The van der Waals surface area contributed by atoms with Gasteiger partial charge < -0.3 is 10.5 Å². The molecule has 0 aliphatic carbocycles. The Labute approximate surface area is 132 Å². The van der Waals surface area contributed by atoms with Crippen LogP contribution in [-0.4, -0.2) is 0 Å². The Kier molecular flexibility index (Phi) is 3.84. The van der Waals surface area contributed by atoms with Crippen LogP contribution >= 0.6 is 15.9 Å². The summed E-state index contributed by atoms with van der Waals surface area (Å²) in [5.74, 6) is 0.843. The van der Waals surface area contributed by atoms with E-state index in [-0.39, 0.29) is 0 Å². The van der Waals surface area contributed by atoms with E-state index in [9.17, 15) is 0 Å². The van der Waals surface area contributed by atoms with Crippen molar-refractivity contribution in [2.24, 2.45) is 0 Å². The number of nitrogens with two attached hydrogens (primary N) is 1. The van der Waals surface area contributed by atoms with Gasteiger partial charge in [-0.15, -0.1) is 0 Å². The molecule has 2 N–H and O–H groups in total. The molecule has 2 nitrogen and oxygen atoms in total. The number of anilines is 1. The highest BCUT2D eigenvalue weighted by Gasteiger charge is 2.07. The largest absolute Gasteiger partial charge is 0.488 e. The molecular weight excluding hydrogens is 326 g/mol. The second-order valence-electron chi connectivity index (χ2n) is 5.02. The quantitative estimate of drug-likeness (QED) is 0.674. The number of hydrogen-bond donors (Lipinski definition) is 1. The third-order valence-corrected chi connectivity index (χ3v) is 4.52. The zero-order chi connectivity index (χ0) is 14.8. The Morgan fingerprint density at radius 3 is 2.67 bits per heavy atom. The second-order valence-corrected chi connectivity index (χ2v) is 5.81. The molecular formula is C18H16BrNO. The lowest BCUT2D eigenvalue weighted by Gasteiger charge is -2.12. The van der Waals surface area contributed by atoms with Gasteiger partial charge in [0.15, 0.2) is 0 Å². The first-order valence-electron chi connectivity index (χ1n) is 6.81. The van der Waals surface area contributed by atoms with Gasteiger partial charge in [0.25, 0.3) is 0 Å². The van der Waals surface area contributed by atoms with Crippen LogP contribution in [0.4, 0.5) is 5.69 Å². The molecule has 0 fully saturated rings. The number of rotatable bonds is 3. The van der Waals surface area contributed by atoms with Gasteiger partial charge in [0.1, 0.15) is 12.4 Å². The van der Waals surface area contributed by atoms with Gasteiger partial charge in [0, 0.05) is 5.69 Å². The lowest BCUT2D eigenvalue weighted by molar-refractivity contribution is 0.304. The molecule has 0 radical (unpaired) electrons. The maximum Gasteiger partial charge on any atom is 0.134 e. The van der Waals surface area contributed by atoms with Crippen LogP contribution in [0, 0.1) is 6.92 Å². The molecule has 21 heavy (non-hydrogen) atoms. The van der Waals surface area contributed by atoms with E-state index < -0.39 is 0 Å². The molecule has 3 aromatic rings. The van der Waals surface area contributed by atoms with E-state index in [1.807, 2.05) is 43.3 Å². The fraction of sp³-hybridized carbons (Fsp3) is 0.111. The molecule has 0 heterocycles. The molecule has 0 saturated carbocycles. The maximum atomic E-state index is 5.96. The molecule has 0 amide bonds. The van der Waals surface area contributed by atoms with Crippen molar-refractivity contribution < 1.29 is 4.74 Å². The number of ether oxygens (including phenoxy) is 1. The Morgan fingerprint density at radius 2 is 1.81 bits per heavy atom. The molecule has 3 heteroatoms. The average Bonchev–Trinajstić information content (AvgIpc) is 2.51. The highest BCUT2D eigenvalue weighted by atomic mass is 79.9.